The number of hydrogen-bond acceptors (Lipinski definition) is 5. The van der Waals surface area contributed by atoms with E-state index < -0.39 is 11.5 Å². The zero-order chi connectivity index (χ0) is 17.4. The number of benzene rings is 1. The van der Waals surface area contributed by atoms with Crippen molar-refractivity contribution in [3.8, 4) is 0 Å². The molecule has 1 amide bonds. The van der Waals surface area contributed by atoms with Gasteiger partial charge in [-0.05, 0) is 25.0 Å². The summed E-state index contributed by atoms with van der Waals surface area (Å²) in [4.78, 5) is 35.3. The highest BCUT2D eigenvalue weighted by molar-refractivity contribution is 5.96. The van der Waals surface area contributed by atoms with Crippen molar-refractivity contribution in [1.29, 1.82) is 0 Å². The Morgan fingerprint density at radius 1 is 1.21 bits per heavy atom. The van der Waals surface area contributed by atoms with E-state index >= 15 is 0 Å². The number of esters is 1. The summed E-state index contributed by atoms with van der Waals surface area (Å²) in [7, 11) is 0. The molecule has 0 saturated carbocycles. The van der Waals surface area contributed by atoms with Crippen molar-refractivity contribution in [3.05, 3.63) is 46.3 Å². The summed E-state index contributed by atoms with van der Waals surface area (Å²) >= 11 is 0. The highest BCUT2D eigenvalue weighted by atomic mass is 16.5. The van der Waals surface area contributed by atoms with Crippen molar-refractivity contribution in [2.24, 2.45) is 0 Å². The van der Waals surface area contributed by atoms with E-state index in [4.69, 9.17) is 9.15 Å². The van der Waals surface area contributed by atoms with Gasteiger partial charge in [-0.15, -0.1) is 0 Å². The first-order chi connectivity index (χ1) is 11.6. The van der Waals surface area contributed by atoms with Gasteiger partial charge in [-0.2, -0.15) is 0 Å². The van der Waals surface area contributed by atoms with Gasteiger partial charge in [0, 0.05) is 18.4 Å². The Morgan fingerprint density at radius 3 is 2.79 bits per heavy atom. The van der Waals surface area contributed by atoms with E-state index in [9.17, 15) is 14.4 Å². The number of rotatable bonds is 8. The molecule has 0 saturated heterocycles. The van der Waals surface area contributed by atoms with Gasteiger partial charge < -0.3 is 14.5 Å². The molecular weight excluding hydrogens is 310 g/mol. The van der Waals surface area contributed by atoms with Gasteiger partial charge >= 0.3 is 11.6 Å². The number of fused-ring (bicyclic) bond motifs is 1. The SMILES string of the molecule is CCCCC(=O)OCCCNC(=O)c1cc2ccccc2oc1=O. The molecule has 1 heterocycles. The van der Waals surface area contributed by atoms with Gasteiger partial charge in [0.2, 0.25) is 0 Å². The van der Waals surface area contributed by atoms with Crippen molar-refractivity contribution in [2.75, 3.05) is 13.2 Å². The Morgan fingerprint density at radius 2 is 2.00 bits per heavy atom. The highest BCUT2D eigenvalue weighted by Crippen LogP contribution is 2.12. The first kappa shape index (κ1) is 17.7. The van der Waals surface area contributed by atoms with Crippen molar-refractivity contribution >= 4 is 22.8 Å². The number of unbranched alkanes of at least 4 members (excludes halogenated alkanes) is 1. The van der Waals surface area contributed by atoms with Gasteiger partial charge in [0.1, 0.15) is 11.1 Å². The van der Waals surface area contributed by atoms with Gasteiger partial charge in [-0.25, -0.2) is 4.79 Å². The van der Waals surface area contributed by atoms with Gasteiger partial charge in [-0.3, -0.25) is 9.59 Å². The quantitative estimate of drug-likeness (QED) is 0.456. The Labute approximate surface area is 139 Å². The maximum atomic E-state index is 12.1. The standard InChI is InChI=1S/C18H21NO5/c1-2-3-9-16(20)23-11-6-10-19-17(21)14-12-13-7-4-5-8-15(13)24-18(14)22/h4-5,7-8,12H,2-3,6,9-11H2,1H3,(H,19,21). The number of carbonyl (C=O) groups excluding carboxylic acids is 2. The lowest BCUT2D eigenvalue weighted by molar-refractivity contribution is -0.143. The summed E-state index contributed by atoms with van der Waals surface area (Å²) in [6.07, 6.45) is 2.66. The fourth-order valence-corrected chi connectivity index (χ4v) is 2.17. The van der Waals surface area contributed by atoms with Crippen LogP contribution >= 0.6 is 0 Å². The number of amides is 1. The van der Waals surface area contributed by atoms with E-state index in [1.165, 1.54) is 6.07 Å². The molecule has 0 bridgehead atoms. The zero-order valence-corrected chi connectivity index (χ0v) is 13.7. The summed E-state index contributed by atoms with van der Waals surface area (Å²) in [6.45, 7) is 2.56. The highest BCUT2D eigenvalue weighted by Gasteiger charge is 2.13. The van der Waals surface area contributed by atoms with Gasteiger partial charge in [0.05, 0.1) is 6.61 Å². The third-order valence-electron chi connectivity index (χ3n) is 3.49. The fraction of sp³-hybridized carbons (Fsp3) is 0.389. The molecule has 1 N–H and O–H groups in total. The molecule has 6 nitrogen and oxygen atoms in total. The van der Waals surface area contributed by atoms with Crippen LogP contribution in [0, 0.1) is 0 Å². The molecule has 1 aromatic heterocycles. The smallest absolute Gasteiger partial charge is 0.349 e. The molecule has 1 aromatic carbocycles. The molecule has 0 fully saturated rings. The Balaban J connectivity index is 1.82. The molecule has 2 rings (SSSR count). The van der Waals surface area contributed by atoms with Gasteiger partial charge in [0.15, 0.2) is 0 Å². The van der Waals surface area contributed by atoms with Crippen LogP contribution in [0.25, 0.3) is 11.0 Å². The molecule has 6 heteroatoms. The summed E-state index contributed by atoms with van der Waals surface area (Å²) < 4.78 is 10.2. The minimum absolute atomic E-state index is 0.0337. The molecule has 0 radical (unpaired) electrons. The van der Waals surface area contributed by atoms with Gasteiger partial charge in [0.25, 0.3) is 5.91 Å². The molecule has 0 aliphatic heterocycles. The molecule has 0 atom stereocenters. The van der Waals surface area contributed by atoms with E-state index in [1.54, 1.807) is 24.3 Å². The van der Waals surface area contributed by atoms with Crippen LogP contribution in [0.1, 0.15) is 43.0 Å². The van der Waals surface area contributed by atoms with Crippen LogP contribution in [0.15, 0.2) is 39.5 Å². The predicted molar refractivity (Wildman–Crippen MR) is 89.9 cm³/mol. The third kappa shape index (κ3) is 4.94. The summed E-state index contributed by atoms with van der Waals surface area (Å²) in [5.74, 6) is -0.717. The summed E-state index contributed by atoms with van der Waals surface area (Å²) in [5, 5.41) is 3.32. The molecule has 0 unspecified atom stereocenters. The van der Waals surface area contributed by atoms with Crippen LogP contribution in [-0.2, 0) is 9.53 Å². The molecule has 2 aromatic rings. The van der Waals surface area contributed by atoms with E-state index in [1.807, 2.05) is 6.92 Å². The van der Waals surface area contributed by atoms with Crippen LogP contribution in [-0.4, -0.2) is 25.0 Å². The van der Waals surface area contributed by atoms with Crippen LogP contribution < -0.4 is 10.9 Å². The summed E-state index contributed by atoms with van der Waals surface area (Å²) in [6, 6.07) is 8.51. The van der Waals surface area contributed by atoms with E-state index in [-0.39, 0.29) is 18.1 Å². The van der Waals surface area contributed by atoms with Crippen molar-refractivity contribution in [3.63, 3.8) is 0 Å². The zero-order valence-electron chi connectivity index (χ0n) is 13.7. The molecule has 0 spiro atoms. The normalized spacial score (nSPS) is 10.5. The van der Waals surface area contributed by atoms with Crippen LogP contribution in [0.2, 0.25) is 0 Å². The molecule has 0 aliphatic carbocycles. The monoisotopic (exact) mass is 331 g/mol. The van der Waals surface area contributed by atoms with Crippen LogP contribution in [0.3, 0.4) is 0 Å². The lowest BCUT2D eigenvalue weighted by Crippen LogP contribution is -2.29. The molecule has 128 valence electrons. The fourth-order valence-electron chi connectivity index (χ4n) is 2.17. The second-order valence-corrected chi connectivity index (χ2v) is 5.42. The lowest BCUT2D eigenvalue weighted by atomic mass is 10.2. The predicted octanol–water partition coefficient (Wildman–Crippen LogP) is 2.65. The maximum absolute atomic E-state index is 12.1. The maximum Gasteiger partial charge on any atom is 0.349 e. The second kappa shape index (κ2) is 8.86. The van der Waals surface area contributed by atoms with Crippen molar-refractivity contribution in [1.82, 2.24) is 5.32 Å². The topological polar surface area (TPSA) is 85.6 Å². The second-order valence-electron chi connectivity index (χ2n) is 5.42. The van der Waals surface area contributed by atoms with Crippen LogP contribution in [0.5, 0.6) is 0 Å². The Kier molecular flexibility index (Phi) is 6.54. The first-order valence-corrected chi connectivity index (χ1v) is 8.08. The number of ether oxygens (including phenoxy) is 1. The van der Waals surface area contributed by atoms with Crippen LogP contribution in [0.4, 0.5) is 0 Å². The molecule has 24 heavy (non-hydrogen) atoms. The molecular formula is C18H21NO5. The van der Waals surface area contributed by atoms with Gasteiger partial charge in [-0.1, -0.05) is 31.5 Å². The minimum atomic E-state index is -0.669. The number of hydrogen-bond donors (Lipinski definition) is 1. The van der Waals surface area contributed by atoms with E-state index in [0.717, 1.165) is 12.8 Å². The largest absolute Gasteiger partial charge is 0.466 e. The van der Waals surface area contributed by atoms with Crippen molar-refractivity contribution in [2.45, 2.75) is 32.6 Å². The van der Waals surface area contributed by atoms with E-state index in [0.29, 0.717) is 30.4 Å². The Bertz CT molecular complexity index is 765. The number of carbonyl (C=O) groups is 2. The minimum Gasteiger partial charge on any atom is -0.466 e. The number of para-hydroxylation sites is 1. The first-order valence-electron chi connectivity index (χ1n) is 8.08. The summed E-state index contributed by atoms with van der Waals surface area (Å²) in [5.41, 5.74) is -0.260. The lowest BCUT2D eigenvalue weighted by Gasteiger charge is -2.06. The van der Waals surface area contributed by atoms with Crippen molar-refractivity contribution < 1.29 is 18.7 Å². The molecule has 0 aliphatic rings. The number of nitrogens with one attached hydrogen (secondary N) is 1. The third-order valence-corrected chi connectivity index (χ3v) is 3.49. The Hall–Kier alpha value is -2.63. The van der Waals surface area contributed by atoms with E-state index in [2.05, 4.69) is 5.32 Å². The average Bonchev–Trinajstić information content (AvgIpc) is 2.58. The average molecular weight is 331 g/mol.